The number of halogens is 2. The van der Waals surface area contributed by atoms with Crippen molar-refractivity contribution in [3.63, 3.8) is 0 Å². The average molecular weight is 293 g/mol. The molecule has 0 aromatic heterocycles. The predicted octanol–water partition coefficient (Wildman–Crippen LogP) is 3.21. The summed E-state index contributed by atoms with van der Waals surface area (Å²) in [7, 11) is 0. The van der Waals surface area contributed by atoms with Gasteiger partial charge in [-0.2, -0.15) is 0 Å². The molecule has 104 valence electrons. The van der Waals surface area contributed by atoms with Crippen LogP contribution in [0.2, 0.25) is 5.02 Å². The van der Waals surface area contributed by atoms with E-state index in [4.69, 9.17) is 11.6 Å². The van der Waals surface area contributed by atoms with Crippen molar-refractivity contribution in [1.82, 2.24) is 5.32 Å². The van der Waals surface area contributed by atoms with Gasteiger partial charge < -0.3 is 10.6 Å². The van der Waals surface area contributed by atoms with Crippen LogP contribution < -0.4 is 10.6 Å². The van der Waals surface area contributed by atoms with E-state index in [2.05, 4.69) is 10.6 Å². The molecule has 5 heteroatoms. The Labute approximate surface area is 121 Å². The lowest BCUT2D eigenvalue weighted by Crippen LogP contribution is -2.29. The Hall–Kier alpha value is -2.07. The minimum atomic E-state index is -0.321. The summed E-state index contributed by atoms with van der Waals surface area (Å²) in [6.07, 6.45) is 0. The van der Waals surface area contributed by atoms with Crippen molar-refractivity contribution < 1.29 is 9.18 Å². The largest absolute Gasteiger partial charge is 0.376 e. The maximum absolute atomic E-state index is 13.3. The second kappa shape index (κ2) is 6.91. The van der Waals surface area contributed by atoms with Crippen LogP contribution in [0.1, 0.15) is 5.56 Å². The molecule has 0 atom stereocenters. The second-order valence-corrected chi connectivity index (χ2v) is 4.67. The van der Waals surface area contributed by atoms with Crippen molar-refractivity contribution >= 4 is 23.2 Å². The Morgan fingerprint density at radius 3 is 2.50 bits per heavy atom. The van der Waals surface area contributed by atoms with E-state index in [1.165, 1.54) is 6.07 Å². The summed E-state index contributed by atoms with van der Waals surface area (Å²) >= 11 is 5.76. The summed E-state index contributed by atoms with van der Waals surface area (Å²) in [5.74, 6) is -0.526. The number of carbonyl (C=O) groups excluding carboxylic acids is 1. The third-order valence-electron chi connectivity index (χ3n) is 2.73. The van der Waals surface area contributed by atoms with E-state index in [1.54, 1.807) is 42.5 Å². The zero-order valence-electron chi connectivity index (χ0n) is 10.7. The second-order valence-electron chi connectivity index (χ2n) is 4.23. The highest BCUT2D eigenvalue weighted by Gasteiger charge is 2.04. The van der Waals surface area contributed by atoms with E-state index < -0.39 is 0 Å². The van der Waals surface area contributed by atoms with Crippen LogP contribution in [0.15, 0.2) is 48.5 Å². The summed E-state index contributed by atoms with van der Waals surface area (Å²) < 4.78 is 13.3. The molecule has 0 aliphatic carbocycles. The fraction of sp³-hybridized carbons (Fsp3) is 0.133. The number of hydrogen-bond donors (Lipinski definition) is 2. The van der Waals surface area contributed by atoms with Crippen LogP contribution in [0.5, 0.6) is 0 Å². The van der Waals surface area contributed by atoms with Gasteiger partial charge in [-0.15, -0.1) is 0 Å². The van der Waals surface area contributed by atoms with Gasteiger partial charge >= 0.3 is 0 Å². The van der Waals surface area contributed by atoms with Crippen molar-refractivity contribution in [2.24, 2.45) is 0 Å². The molecular formula is C15H14ClFN2O. The Morgan fingerprint density at radius 1 is 1.10 bits per heavy atom. The molecule has 2 aromatic carbocycles. The molecule has 0 fully saturated rings. The fourth-order valence-electron chi connectivity index (χ4n) is 1.65. The molecule has 3 nitrogen and oxygen atoms in total. The van der Waals surface area contributed by atoms with Crippen molar-refractivity contribution in [3.05, 3.63) is 64.9 Å². The van der Waals surface area contributed by atoms with Gasteiger partial charge in [-0.05, 0) is 30.3 Å². The molecule has 0 aliphatic rings. The smallest absolute Gasteiger partial charge is 0.239 e. The molecule has 0 saturated heterocycles. The number of nitrogens with one attached hydrogen (secondary N) is 2. The standard InChI is InChI=1S/C15H14ClFN2O/c16-12-5-7-13(8-6-12)18-10-15(20)19-9-11-3-1-2-4-14(11)17/h1-8,18H,9-10H2,(H,19,20). The summed E-state index contributed by atoms with van der Waals surface area (Å²) in [6, 6.07) is 13.4. The lowest BCUT2D eigenvalue weighted by molar-refractivity contribution is -0.119. The third kappa shape index (κ3) is 4.24. The van der Waals surface area contributed by atoms with Crippen molar-refractivity contribution in [2.45, 2.75) is 6.54 Å². The zero-order valence-corrected chi connectivity index (χ0v) is 11.5. The number of amides is 1. The Bertz CT molecular complexity index is 587. The van der Waals surface area contributed by atoms with E-state index >= 15 is 0 Å². The molecule has 2 aromatic rings. The van der Waals surface area contributed by atoms with Gasteiger partial charge in [0.25, 0.3) is 0 Å². The first kappa shape index (κ1) is 14.3. The maximum atomic E-state index is 13.3. The van der Waals surface area contributed by atoms with Gasteiger partial charge in [0.15, 0.2) is 0 Å². The van der Waals surface area contributed by atoms with Crippen molar-refractivity contribution in [2.75, 3.05) is 11.9 Å². The van der Waals surface area contributed by atoms with Crippen molar-refractivity contribution in [1.29, 1.82) is 0 Å². The highest BCUT2D eigenvalue weighted by atomic mass is 35.5. The monoisotopic (exact) mass is 292 g/mol. The minimum Gasteiger partial charge on any atom is -0.376 e. The highest BCUT2D eigenvalue weighted by Crippen LogP contribution is 2.12. The van der Waals surface area contributed by atoms with Gasteiger partial charge in [0.05, 0.1) is 6.54 Å². The van der Waals surface area contributed by atoms with Gasteiger partial charge in [-0.1, -0.05) is 29.8 Å². The van der Waals surface area contributed by atoms with E-state index in [0.717, 1.165) is 5.69 Å². The lowest BCUT2D eigenvalue weighted by Gasteiger charge is -2.08. The molecule has 0 bridgehead atoms. The van der Waals surface area contributed by atoms with Gasteiger partial charge in [-0.25, -0.2) is 4.39 Å². The predicted molar refractivity (Wildman–Crippen MR) is 78.2 cm³/mol. The van der Waals surface area contributed by atoms with Crippen LogP contribution in [0.25, 0.3) is 0 Å². The van der Waals surface area contributed by atoms with Crippen molar-refractivity contribution in [3.8, 4) is 0 Å². The molecule has 2 N–H and O–H groups in total. The van der Waals surface area contributed by atoms with E-state index in [-0.39, 0.29) is 24.8 Å². The van der Waals surface area contributed by atoms with Crippen LogP contribution in [0, 0.1) is 5.82 Å². The van der Waals surface area contributed by atoms with Gasteiger partial charge in [-0.3, -0.25) is 4.79 Å². The molecule has 0 saturated carbocycles. The Kier molecular flexibility index (Phi) is 4.96. The molecule has 0 spiro atoms. The van der Waals surface area contributed by atoms with Crippen LogP contribution in [0.4, 0.5) is 10.1 Å². The first-order chi connectivity index (χ1) is 9.65. The molecular weight excluding hydrogens is 279 g/mol. The molecule has 20 heavy (non-hydrogen) atoms. The molecule has 0 radical (unpaired) electrons. The maximum Gasteiger partial charge on any atom is 0.239 e. The SMILES string of the molecule is O=C(CNc1ccc(Cl)cc1)NCc1ccccc1F. The first-order valence-corrected chi connectivity index (χ1v) is 6.52. The quantitative estimate of drug-likeness (QED) is 0.888. The summed E-state index contributed by atoms with van der Waals surface area (Å²) in [5.41, 5.74) is 1.27. The van der Waals surface area contributed by atoms with Gasteiger partial charge in [0, 0.05) is 22.8 Å². The van der Waals surface area contributed by atoms with E-state index in [0.29, 0.717) is 10.6 Å². The first-order valence-electron chi connectivity index (χ1n) is 6.15. The summed E-state index contributed by atoms with van der Waals surface area (Å²) in [5, 5.41) is 6.25. The van der Waals surface area contributed by atoms with Gasteiger partial charge in [0.2, 0.25) is 5.91 Å². The molecule has 0 unspecified atom stereocenters. The minimum absolute atomic E-state index is 0.121. The molecule has 0 aliphatic heterocycles. The zero-order chi connectivity index (χ0) is 14.4. The van der Waals surface area contributed by atoms with E-state index in [1.807, 2.05) is 0 Å². The van der Waals surface area contributed by atoms with Crippen LogP contribution >= 0.6 is 11.6 Å². The van der Waals surface area contributed by atoms with Crippen LogP contribution in [-0.2, 0) is 11.3 Å². The summed E-state index contributed by atoms with van der Waals surface area (Å²) in [6.45, 7) is 0.296. The number of hydrogen-bond acceptors (Lipinski definition) is 2. The number of anilines is 1. The van der Waals surface area contributed by atoms with Crippen LogP contribution in [-0.4, -0.2) is 12.5 Å². The summed E-state index contributed by atoms with van der Waals surface area (Å²) in [4.78, 5) is 11.6. The Balaban J connectivity index is 1.78. The number of rotatable bonds is 5. The molecule has 1 amide bonds. The van der Waals surface area contributed by atoms with Gasteiger partial charge in [0.1, 0.15) is 5.82 Å². The molecule has 0 heterocycles. The topological polar surface area (TPSA) is 41.1 Å². The lowest BCUT2D eigenvalue weighted by atomic mass is 10.2. The number of carbonyl (C=O) groups is 1. The highest BCUT2D eigenvalue weighted by molar-refractivity contribution is 6.30. The normalized spacial score (nSPS) is 10.1. The average Bonchev–Trinajstić information content (AvgIpc) is 2.46. The fourth-order valence-corrected chi connectivity index (χ4v) is 1.77. The Morgan fingerprint density at radius 2 is 1.80 bits per heavy atom. The number of benzene rings is 2. The molecule has 2 rings (SSSR count). The van der Waals surface area contributed by atoms with Crippen LogP contribution in [0.3, 0.4) is 0 Å². The van der Waals surface area contributed by atoms with E-state index in [9.17, 15) is 9.18 Å². The third-order valence-corrected chi connectivity index (χ3v) is 2.98.